The number of hydrogen-bond donors (Lipinski definition) is 0. The van der Waals surface area contributed by atoms with Crippen molar-refractivity contribution >= 4 is 22.3 Å². The molecule has 3 rings (SSSR count). The minimum Gasteiger partial charge on any atom is -0.497 e. The van der Waals surface area contributed by atoms with Crippen LogP contribution in [0.4, 0.5) is 0 Å². The molecule has 0 unspecified atom stereocenters. The molecule has 0 amide bonds. The summed E-state index contributed by atoms with van der Waals surface area (Å²) in [4.78, 5) is 15.3. The van der Waals surface area contributed by atoms with Gasteiger partial charge in [-0.3, -0.25) is 4.90 Å². The van der Waals surface area contributed by atoms with Gasteiger partial charge in [0.2, 0.25) is 0 Å². The molecule has 0 bridgehead atoms. The van der Waals surface area contributed by atoms with Crippen LogP contribution >= 0.6 is 11.3 Å². The number of hydrogen-bond acceptors (Lipinski definition) is 5. The standard InChI is InChI=1S/C17H17NO3S/c1-18(11-14-4-3-7-22-14)10-12-8-17(19)21-16-9-13(20-2)5-6-15(12)16/h3-9H,10-11H2,1-2H3. The Balaban J connectivity index is 1.90. The molecule has 1 aromatic carbocycles. The molecule has 0 radical (unpaired) electrons. The van der Waals surface area contributed by atoms with E-state index in [4.69, 9.17) is 9.15 Å². The van der Waals surface area contributed by atoms with Crippen molar-refractivity contribution in [3.8, 4) is 5.75 Å². The molecule has 3 aromatic rings. The number of thiophene rings is 1. The van der Waals surface area contributed by atoms with Crippen LogP contribution in [0.15, 0.2) is 51.0 Å². The van der Waals surface area contributed by atoms with Gasteiger partial charge in [-0.25, -0.2) is 4.79 Å². The van der Waals surface area contributed by atoms with Gasteiger partial charge in [0.25, 0.3) is 0 Å². The summed E-state index contributed by atoms with van der Waals surface area (Å²) in [7, 11) is 3.64. The second-order valence-electron chi connectivity index (χ2n) is 5.20. The highest BCUT2D eigenvalue weighted by atomic mass is 32.1. The molecular formula is C17H17NO3S. The molecule has 0 aliphatic carbocycles. The molecule has 0 aliphatic heterocycles. The fourth-order valence-electron chi connectivity index (χ4n) is 2.48. The second-order valence-corrected chi connectivity index (χ2v) is 6.24. The van der Waals surface area contributed by atoms with Crippen LogP contribution in [0.25, 0.3) is 11.0 Å². The number of nitrogens with zero attached hydrogens (tertiary/aromatic N) is 1. The van der Waals surface area contributed by atoms with E-state index in [0.717, 1.165) is 17.5 Å². The van der Waals surface area contributed by atoms with E-state index in [2.05, 4.69) is 16.3 Å². The van der Waals surface area contributed by atoms with E-state index in [0.29, 0.717) is 17.9 Å². The van der Waals surface area contributed by atoms with Gasteiger partial charge in [-0.05, 0) is 36.2 Å². The molecule has 0 fully saturated rings. The Kier molecular flexibility index (Phi) is 4.27. The SMILES string of the molecule is COc1ccc2c(CN(C)Cc3cccs3)cc(=O)oc2c1. The highest BCUT2D eigenvalue weighted by Gasteiger charge is 2.10. The molecule has 2 heterocycles. The molecule has 0 saturated heterocycles. The molecule has 114 valence electrons. The Hall–Kier alpha value is -2.11. The van der Waals surface area contributed by atoms with Crippen molar-refractivity contribution in [1.29, 1.82) is 0 Å². The van der Waals surface area contributed by atoms with Crippen molar-refractivity contribution in [1.82, 2.24) is 4.90 Å². The van der Waals surface area contributed by atoms with E-state index in [9.17, 15) is 4.79 Å². The number of fused-ring (bicyclic) bond motifs is 1. The highest BCUT2D eigenvalue weighted by Crippen LogP contribution is 2.23. The summed E-state index contributed by atoms with van der Waals surface area (Å²) in [6.07, 6.45) is 0. The normalized spacial score (nSPS) is 11.2. The van der Waals surface area contributed by atoms with Crippen LogP contribution in [0.2, 0.25) is 0 Å². The van der Waals surface area contributed by atoms with Crippen LogP contribution in [0.3, 0.4) is 0 Å². The van der Waals surface area contributed by atoms with Crippen LogP contribution in [-0.2, 0) is 13.1 Å². The van der Waals surface area contributed by atoms with E-state index >= 15 is 0 Å². The summed E-state index contributed by atoms with van der Waals surface area (Å²) in [5.41, 5.74) is 1.19. The molecule has 5 heteroatoms. The number of ether oxygens (including phenoxy) is 1. The van der Waals surface area contributed by atoms with Gasteiger partial charge in [0.15, 0.2) is 0 Å². The van der Waals surface area contributed by atoms with Crippen LogP contribution in [0, 0.1) is 0 Å². The average molecular weight is 315 g/mol. The maximum atomic E-state index is 11.8. The van der Waals surface area contributed by atoms with Crippen LogP contribution in [-0.4, -0.2) is 19.1 Å². The third-order valence-corrected chi connectivity index (χ3v) is 4.34. The van der Waals surface area contributed by atoms with Crippen LogP contribution in [0.1, 0.15) is 10.4 Å². The Morgan fingerprint density at radius 3 is 2.82 bits per heavy atom. The van der Waals surface area contributed by atoms with Gasteiger partial charge in [0.1, 0.15) is 11.3 Å². The summed E-state index contributed by atoms with van der Waals surface area (Å²) in [6.45, 7) is 1.54. The maximum Gasteiger partial charge on any atom is 0.336 e. The zero-order valence-electron chi connectivity index (χ0n) is 12.5. The van der Waals surface area contributed by atoms with E-state index < -0.39 is 0 Å². The van der Waals surface area contributed by atoms with Crippen molar-refractivity contribution in [3.05, 3.63) is 62.6 Å². The fourth-order valence-corrected chi connectivity index (χ4v) is 3.27. The molecule has 0 N–H and O–H groups in total. The molecule has 0 spiro atoms. The zero-order chi connectivity index (χ0) is 15.5. The predicted molar refractivity (Wildman–Crippen MR) is 88.5 cm³/mol. The van der Waals surface area contributed by atoms with Gasteiger partial charge < -0.3 is 9.15 Å². The Labute approximate surface area is 132 Å². The van der Waals surface area contributed by atoms with Crippen LogP contribution < -0.4 is 10.4 Å². The molecule has 0 saturated carbocycles. The summed E-state index contributed by atoms with van der Waals surface area (Å²) in [5.74, 6) is 0.680. The first-order chi connectivity index (χ1) is 10.7. The number of rotatable bonds is 5. The second kappa shape index (κ2) is 6.34. The van der Waals surface area contributed by atoms with Crippen molar-refractivity contribution in [2.45, 2.75) is 13.1 Å². The lowest BCUT2D eigenvalue weighted by molar-refractivity contribution is 0.322. The Bertz CT molecular complexity index is 824. The summed E-state index contributed by atoms with van der Waals surface area (Å²) < 4.78 is 10.5. The van der Waals surface area contributed by atoms with E-state index in [1.807, 2.05) is 25.2 Å². The largest absolute Gasteiger partial charge is 0.497 e. The number of methoxy groups -OCH3 is 1. The highest BCUT2D eigenvalue weighted by molar-refractivity contribution is 7.09. The van der Waals surface area contributed by atoms with Crippen molar-refractivity contribution in [2.24, 2.45) is 0 Å². The van der Waals surface area contributed by atoms with Gasteiger partial charge in [-0.2, -0.15) is 0 Å². The molecular weight excluding hydrogens is 298 g/mol. The first-order valence-corrected chi connectivity index (χ1v) is 7.85. The number of benzene rings is 1. The molecule has 0 aliphatic rings. The summed E-state index contributed by atoms with van der Waals surface area (Å²) >= 11 is 1.74. The van der Waals surface area contributed by atoms with Crippen molar-refractivity contribution in [2.75, 3.05) is 14.2 Å². The quantitative estimate of drug-likeness (QED) is 0.676. The Morgan fingerprint density at radius 1 is 1.23 bits per heavy atom. The maximum absolute atomic E-state index is 11.8. The average Bonchev–Trinajstić information content (AvgIpc) is 2.99. The molecule has 22 heavy (non-hydrogen) atoms. The van der Waals surface area contributed by atoms with Crippen molar-refractivity contribution < 1.29 is 9.15 Å². The lowest BCUT2D eigenvalue weighted by Crippen LogP contribution is -2.17. The molecule has 2 aromatic heterocycles. The smallest absolute Gasteiger partial charge is 0.336 e. The molecule has 4 nitrogen and oxygen atoms in total. The van der Waals surface area contributed by atoms with Gasteiger partial charge >= 0.3 is 5.63 Å². The van der Waals surface area contributed by atoms with Gasteiger partial charge in [-0.1, -0.05) is 6.07 Å². The van der Waals surface area contributed by atoms with E-state index in [-0.39, 0.29) is 5.63 Å². The van der Waals surface area contributed by atoms with Crippen molar-refractivity contribution in [3.63, 3.8) is 0 Å². The van der Waals surface area contributed by atoms with Gasteiger partial charge in [0, 0.05) is 35.5 Å². The monoisotopic (exact) mass is 315 g/mol. The minimum absolute atomic E-state index is 0.333. The van der Waals surface area contributed by atoms with Gasteiger partial charge in [0.05, 0.1) is 7.11 Å². The Morgan fingerprint density at radius 2 is 2.09 bits per heavy atom. The van der Waals surface area contributed by atoms with E-state index in [1.165, 1.54) is 4.88 Å². The lowest BCUT2D eigenvalue weighted by atomic mass is 10.1. The summed E-state index contributed by atoms with van der Waals surface area (Å²) in [6, 6.07) is 11.3. The molecule has 0 atom stereocenters. The van der Waals surface area contributed by atoms with E-state index in [1.54, 1.807) is 30.6 Å². The zero-order valence-corrected chi connectivity index (χ0v) is 13.4. The fraction of sp³-hybridized carbons (Fsp3) is 0.235. The predicted octanol–water partition coefficient (Wildman–Crippen LogP) is 3.50. The minimum atomic E-state index is -0.333. The third-order valence-electron chi connectivity index (χ3n) is 3.48. The first-order valence-electron chi connectivity index (χ1n) is 6.97. The third kappa shape index (κ3) is 3.21. The van der Waals surface area contributed by atoms with Crippen LogP contribution in [0.5, 0.6) is 5.75 Å². The lowest BCUT2D eigenvalue weighted by Gasteiger charge is -2.16. The first kappa shape index (κ1) is 14.8. The van der Waals surface area contributed by atoms with Gasteiger partial charge in [-0.15, -0.1) is 11.3 Å². The summed E-state index contributed by atoms with van der Waals surface area (Å²) in [5, 5.41) is 3.01. The topological polar surface area (TPSA) is 42.7 Å².